The van der Waals surface area contributed by atoms with Gasteiger partial charge in [0, 0.05) is 17.5 Å². The first-order valence-electron chi connectivity index (χ1n) is 15.7. The number of amides is 1. The number of carboxylic acid groups (broad SMARTS) is 1. The van der Waals surface area contributed by atoms with Crippen molar-refractivity contribution in [2.75, 3.05) is 18.0 Å². The van der Waals surface area contributed by atoms with Crippen molar-refractivity contribution in [2.45, 2.75) is 90.6 Å². The van der Waals surface area contributed by atoms with Crippen LogP contribution >= 0.6 is 0 Å². The normalized spacial score (nSPS) is 17.5. The lowest BCUT2D eigenvalue weighted by Gasteiger charge is -2.36. The van der Waals surface area contributed by atoms with Gasteiger partial charge in [0.2, 0.25) is 0 Å². The number of carbonyl (C=O) groups excluding carboxylic acids is 1. The number of fused-ring (bicyclic) bond motifs is 2. The number of piperidine rings is 1. The summed E-state index contributed by atoms with van der Waals surface area (Å²) in [5, 5.41) is 10.9. The molecule has 1 fully saturated rings. The van der Waals surface area contributed by atoms with Crippen LogP contribution < -0.4 is 4.90 Å². The van der Waals surface area contributed by atoms with Gasteiger partial charge < -0.3 is 5.11 Å². The van der Waals surface area contributed by atoms with Crippen molar-refractivity contribution in [3.63, 3.8) is 0 Å². The van der Waals surface area contributed by atoms with Crippen LogP contribution in [0.2, 0.25) is 0 Å². The van der Waals surface area contributed by atoms with Crippen molar-refractivity contribution in [2.24, 2.45) is 5.92 Å². The number of anilines is 1. The van der Waals surface area contributed by atoms with Gasteiger partial charge in [-0.1, -0.05) is 73.9 Å². The van der Waals surface area contributed by atoms with Crippen molar-refractivity contribution >= 4 is 28.5 Å². The number of aryl methyl sites for hydroxylation is 1. The van der Waals surface area contributed by atoms with Gasteiger partial charge in [0.1, 0.15) is 0 Å². The van der Waals surface area contributed by atoms with Gasteiger partial charge in [0.15, 0.2) is 5.78 Å². The molecule has 1 aliphatic carbocycles. The maximum absolute atomic E-state index is 13.9. The molecule has 3 aromatic rings. The SMILES string of the molecule is CC(C)(C)N(C(=O)O)c1c2c(nc3ccccc13)CCC(=CCCCCCC1CCN(Cc3ccccc3)CC1)C2=O. The van der Waals surface area contributed by atoms with Crippen LogP contribution in [0.3, 0.4) is 0 Å². The van der Waals surface area contributed by atoms with E-state index in [0.29, 0.717) is 35.2 Å². The van der Waals surface area contributed by atoms with Crippen LogP contribution in [0.25, 0.3) is 10.9 Å². The van der Waals surface area contributed by atoms with Crippen molar-refractivity contribution in [3.05, 3.63) is 83.1 Å². The molecule has 0 radical (unpaired) electrons. The molecular formula is C36H45N3O3. The lowest BCUT2D eigenvalue weighted by atomic mass is 9.85. The fourth-order valence-electron chi connectivity index (χ4n) is 6.64. The number of Topliss-reactive ketones (excluding diaryl/α,β-unsaturated/α-hetero) is 1. The first kappa shape index (κ1) is 30.0. The van der Waals surface area contributed by atoms with Crippen LogP contribution in [0.4, 0.5) is 10.5 Å². The van der Waals surface area contributed by atoms with Crippen LogP contribution in [-0.2, 0) is 13.0 Å². The maximum atomic E-state index is 13.9. The quantitative estimate of drug-likeness (QED) is 0.207. The van der Waals surface area contributed by atoms with Gasteiger partial charge in [-0.2, -0.15) is 0 Å². The molecule has 0 atom stereocenters. The van der Waals surface area contributed by atoms with E-state index in [1.807, 2.05) is 45.0 Å². The third kappa shape index (κ3) is 6.92. The number of unbranched alkanes of at least 4 members (excludes halogenated alkanes) is 3. The van der Waals surface area contributed by atoms with Crippen LogP contribution in [-0.4, -0.2) is 45.5 Å². The molecule has 5 rings (SSSR count). The summed E-state index contributed by atoms with van der Waals surface area (Å²) in [6, 6.07) is 18.3. The summed E-state index contributed by atoms with van der Waals surface area (Å²) < 4.78 is 0. The number of aromatic nitrogens is 1. The van der Waals surface area contributed by atoms with E-state index in [4.69, 9.17) is 4.98 Å². The summed E-state index contributed by atoms with van der Waals surface area (Å²) in [6.45, 7) is 9.03. The molecule has 1 saturated heterocycles. The second kappa shape index (κ2) is 13.2. The summed E-state index contributed by atoms with van der Waals surface area (Å²) in [5.41, 5.74) is 3.84. The molecular weight excluding hydrogens is 522 g/mol. The first-order valence-corrected chi connectivity index (χ1v) is 15.7. The molecule has 2 heterocycles. The molecule has 0 spiro atoms. The number of nitrogens with zero attached hydrogens (tertiary/aromatic N) is 3. The third-order valence-electron chi connectivity index (χ3n) is 8.84. The van der Waals surface area contributed by atoms with Gasteiger partial charge in [0.25, 0.3) is 0 Å². The Balaban J connectivity index is 1.17. The van der Waals surface area contributed by atoms with Crippen molar-refractivity contribution in [3.8, 4) is 0 Å². The Kier molecular flexibility index (Phi) is 9.42. The molecule has 1 aliphatic heterocycles. The number of hydrogen-bond acceptors (Lipinski definition) is 4. The predicted molar refractivity (Wildman–Crippen MR) is 170 cm³/mol. The summed E-state index contributed by atoms with van der Waals surface area (Å²) in [7, 11) is 0. The van der Waals surface area contributed by atoms with Gasteiger partial charge in [-0.3, -0.25) is 19.6 Å². The van der Waals surface area contributed by atoms with E-state index in [1.165, 1.54) is 55.7 Å². The Morgan fingerprint density at radius 3 is 2.43 bits per heavy atom. The standard InChI is InChI=1S/C36H45N3O3/c1-36(2,3)39(35(41)42)33-29-17-11-12-18-30(29)37-31-20-19-28(34(40)32(31)33)16-10-5-4-7-13-26-21-23-38(24-22-26)25-27-14-8-6-9-15-27/h6,8-9,11-12,14-18,26H,4-5,7,10,13,19-25H2,1-3H3,(H,41,42). The zero-order valence-corrected chi connectivity index (χ0v) is 25.4. The van der Waals surface area contributed by atoms with Crippen molar-refractivity contribution in [1.29, 1.82) is 0 Å². The number of para-hydroxylation sites is 1. The number of hydrogen-bond donors (Lipinski definition) is 1. The van der Waals surface area contributed by atoms with Crippen LogP contribution in [0.1, 0.15) is 93.8 Å². The molecule has 0 bridgehead atoms. The van der Waals surface area contributed by atoms with Gasteiger partial charge in [-0.25, -0.2) is 4.79 Å². The lowest BCUT2D eigenvalue weighted by molar-refractivity contribution is 0.102. The second-order valence-corrected chi connectivity index (χ2v) is 13.0. The van der Waals surface area contributed by atoms with E-state index < -0.39 is 11.6 Å². The molecule has 6 nitrogen and oxygen atoms in total. The molecule has 0 saturated carbocycles. The summed E-state index contributed by atoms with van der Waals surface area (Å²) in [4.78, 5) is 35.1. The van der Waals surface area contributed by atoms with Crippen LogP contribution in [0, 0.1) is 5.92 Å². The average molecular weight is 568 g/mol. The fraction of sp³-hybridized carbons (Fsp3) is 0.472. The first-order chi connectivity index (χ1) is 20.2. The van der Waals surface area contributed by atoms with E-state index in [0.717, 1.165) is 36.4 Å². The Labute approximate surface area is 250 Å². The van der Waals surface area contributed by atoms with E-state index in [-0.39, 0.29) is 5.78 Å². The maximum Gasteiger partial charge on any atom is 0.412 e. The van der Waals surface area contributed by atoms with E-state index in [1.54, 1.807) is 0 Å². The number of allylic oxidation sites excluding steroid dienone is 2. The van der Waals surface area contributed by atoms with E-state index >= 15 is 0 Å². The minimum Gasteiger partial charge on any atom is -0.465 e. The highest BCUT2D eigenvalue weighted by Gasteiger charge is 2.36. The summed E-state index contributed by atoms with van der Waals surface area (Å²) in [6.07, 6.45) is 10.6. The zero-order chi connectivity index (χ0) is 29.7. The topological polar surface area (TPSA) is 73.7 Å². The van der Waals surface area contributed by atoms with Crippen LogP contribution in [0.5, 0.6) is 0 Å². The molecule has 6 heteroatoms. The largest absolute Gasteiger partial charge is 0.465 e. The fourth-order valence-corrected chi connectivity index (χ4v) is 6.64. The van der Waals surface area contributed by atoms with E-state index in [2.05, 4.69) is 41.3 Å². The Hall–Kier alpha value is -3.51. The highest BCUT2D eigenvalue weighted by molar-refractivity contribution is 6.19. The van der Waals surface area contributed by atoms with Gasteiger partial charge in [-0.05, 0) is 95.5 Å². The van der Waals surface area contributed by atoms with E-state index in [9.17, 15) is 14.7 Å². The number of likely N-dealkylation sites (tertiary alicyclic amines) is 1. The smallest absolute Gasteiger partial charge is 0.412 e. The van der Waals surface area contributed by atoms with Gasteiger partial charge in [0.05, 0.1) is 22.5 Å². The Bertz CT molecular complexity index is 1430. The number of benzene rings is 2. The molecule has 2 aromatic carbocycles. The van der Waals surface area contributed by atoms with Crippen LogP contribution in [0.15, 0.2) is 66.2 Å². The average Bonchev–Trinajstić information content (AvgIpc) is 2.96. The zero-order valence-electron chi connectivity index (χ0n) is 25.4. The highest BCUT2D eigenvalue weighted by Crippen LogP contribution is 2.40. The summed E-state index contributed by atoms with van der Waals surface area (Å²) >= 11 is 0. The molecule has 1 amide bonds. The number of ketones is 1. The minimum atomic E-state index is -1.06. The number of rotatable bonds is 9. The lowest BCUT2D eigenvalue weighted by Crippen LogP contribution is -2.46. The highest BCUT2D eigenvalue weighted by atomic mass is 16.4. The van der Waals surface area contributed by atoms with Crippen molar-refractivity contribution in [1.82, 2.24) is 9.88 Å². The van der Waals surface area contributed by atoms with Crippen molar-refractivity contribution < 1.29 is 14.7 Å². The Morgan fingerprint density at radius 2 is 1.71 bits per heavy atom. The van der Waals surface area contributed by atoms with Gasteiger partial charge >= 0.3 is 6.09 Å². The monoisotopic (exact) mass is 567 g/mol. The third-order valence-corrected chi connectivity index (χ3v) is 8.84. The molecule has 0 unspecified atom stereocenters. The molecule has 222 valence electrons. The molecule has 1 N–H and O–H groups in total. The second-order valence-electron chi connectivity index (χ2n) is 13.0. The molecule has 42 heavy (non-hydrogen) atoms. The predicted octanol–water partition coefficient (Wildman–Crippen LogP) is 8.44. The minimum absolute atomic E-state index is 0.0673. The Morgan fingerprint density at radius 1 is 1.00 bits per heavy atom. The molecule has 1 aromatic heterocycles. The van der Waals surface area contributed by atoms with Gasteiger partial charge in [-0.15, -0.1) is 0 Å². The number of pyridine rings is 1. The number of carbonyl (C=O) groups is 2. The molecule has 2 aliphatic rings. The summed E-state index contributed by atoms with van der Waals surface area (Å²) in [5.74, 6) is 0.759.